The van der Waals surface area contributed by atoms with E-state index >= 15 is 0 Å². The van der Waals surface area contributed by atoms with Crippen molar-refractivity contribution in [1.82, 2.24) is 0 Å². The molecule has 1 heterocycles. The molecule has 0 bridgehead atoms. The topological polar surface area (TPSA) is 3.01 Å². The lowest BCUT2D eigenvalue weighted by Crippen LogP contribution is -2.16. The average molecular weight is 155 g/mol. The van der Waals surface area contributed by atoms with Gasteiger partial charge >= 0.3 is 0 Å². The van der Waals surface area contributed by atoms with Crippen LogP contribution >= 0.6 is 11.8 Å². The van der Waals surface area contributed by atoms with Crippen LogP contribution in [-0.4, -0.2) is 17.2 Å². The second kappa shape index (κ2) is 2.70. The zero-order valence-corrected chi connectivity index (χ0v) is 7.75. The first kappa shape index (κ1) is 7.73. The van der Waals surface area contributed by atoms with E-state index in [1.54, 1.807) is 11.8 Å². The van der Waals surface area contributed by atoms with Gasteiger partial charge < -0.3 is 4.58 Å². The Kier molecular flexibility index (Phi) is 2.09. The monoisotopic (exact) mass is 155 g/mol. The summed E-state index contributed by atoms with van der Waals surface area (Å²) < 4.78 is 2.16. The Bertz CT molecular complexity index is 203. The lowest BCUT2D eigenvalue weighted by Gasteiger charge is -2.23. The molecule has 1 rings (SSSR count). The minimum absolute atomic E-state index is 1.36. The number of thioether (sulfide) groups is 1. The van der Waals surface area contributed by atoms with Gasteiger partial charge in [-0.05, 0) is 6.92 Å². The van der Waals surface area contributed by atoms with Gasteiger partial charge in [-0.3, -0.25) is 0 Å². The maximum absolute atomic E-state index is 2.17. The summed E-state index contributed by atoms with van der Waals surface area (Å²) in [5, 5.41) is 0. The molecular formula is C8H13NS. The van der Waals surface area contributed by atoms with Gasteiger partial charge in [-0.25, -0.2) is 0 Å². The zero-order chi connectivity index (χ0) is 7.72. The summed E-state index contributed by atoms with van der Waals surface area (Å²) in [4.78, 5) is 1.41. The Labute approximate surface area is 66.8 Å². The van der Waals surface area contributed by atoms with E-state index in [2.05, 4.69) is 37.9 Å². The Morgan fingerprint density at radius 2 is 2.10 bits per heavy atom. The van der Waals surface area contributed by atoms with E-state index in [-0.39, 0.29) is 0 Å². The average Bonchev–Trinajstić information content (AvgIpc) is 1.93. The highest BCUT2D eigenvalue weighted by molar-refractivity contribution is 8.15. The van der Waals surface area contributed by atoms with Crippen LogP contribution in [0, 0.1) is 6.04 Å². The van der Waals surface area contributed by atoms with Gasteiger partial charge in [0, 0.05) is 0 Å². The molecule has 0 unspecified atom stereocenters. The fraction of sp³-hybridized carbons (Fsp3) is 0.500. The van der Waals surface area contributed by atoms with Gasteiger partial charge in [0.2, 0.25) is 0 Å². The van der Waals surface area contributed by atoms with Crippen molar-refractivity contribution < 1.29 is 4.58 Å². The third-order valence-electron chi connectivity index (χ3n) is 1.99. The molecule has 1 nitrogen and oxygen atoms in total. The van der Waals surface area contributed by atoms with Crippen molar-refractivity contribution in [3.05, 3.63) is 16.5 Å². The molecular weight excluding hydrogens is 142 g/mol. The standard InChI is InChI=1S/C8H13NS/c1-6-7(2)9(4)5-10-8(6)3/h5H,1-4H3. The van der Waals surface area contributed by atoms with Crippen molar-refractivity contribution in [3.8, 4) is 0 Å². The quantitative estimate of drug-likeness (QED) is 0.383. The number of hydrogen-bond acceptors (Lipinski definition) is 1. The van der Waals surface area contributed by atoms with Gasteiger partial charge in [-0.15, -0.1) is 4.91 Å². The fourth-order valence-electron chi connectivity index (χ4n) is 0.845. The molecule has 0 atom stereocenters. The fourth-order valence-corrected chi connectivity index (χ4v) is 1.64. The van der Waals surface area contributed by atoms with Gasteiger partial charge in [0.15, 0.2) is 0 Å². The lowest BCUT2D eigenvalue weighted by atomic mass is 10.1. The first-order valence-corrected chi connectivity index (χ1v) is 4.25. The predicted octanol–water partition coefficient (Wildman–Crippen LogP) is 2.25. The van der Waals surface area contributed by atoms with Crippen LogP contribution in [0.1, 0.15) is 20.8 Å². The highest BCUT2D eigenvalue weighted by Gasteiger charge is 2.10. The number of nitrogens with zero attached hydrogens (tertiary/aromatic N) is 1. The van der Waals surface area contributed by atoms with Crippen LogP contribution in [0.5, 0.6) is 0 Å². The van der Waals surface area contributed by atoms with Crippen LogP contribution in [0.25, 0.3) is 0 Å². The molecule has 0 aromatic rings. The Hall–Kier alpha value is -0.370. The first-order valence-electron chi connectivity index (χ1n) is 3.37. The SMILES string of the molecule is CC1=C(C)[C-](C)[N+](C)=CS1. The molecule has 0 aliphatic carbocycles. The van der Waals surface area contributed by atoms with Crippen molar-refractivity contribution >= 4 is 17.3 Å². The summed E-state index contributed by atoms with van der Waals surface area (Å²) in [5.74, 6) is 0. The smallest absolute Gasteiger partial charge is 0.116 e. The van der Waals surface area contributed by atoms with Crippen molar-refractivity contribution in [1.29, 1.82) is 0 Å². The highest BCUT2D eigenvalue weighted by atomic mass is 32.2. The molecule has 0 saturated heterocycles. The summed E-state index contributed by atoms with van der Waals surface area (Å²) in [6.07, 6.45) is 0. The van der Waals surface area contributed by atoms with Crippen LogP contribution < -0.4 is 0 Å². The van der Waals surface area contributed by atoms with E-state index in [0.717, 1.165) is 0 Å². The van der Waals surface area contributed by atoms with Gasteiger partial charge in [0.25, 0.3) is 0 Å². The lowest BCUT2D eigenvalue weighted by molar-refractivity contribution is -0.467. The summed E-state index contributed by atoms with van der Waals surface area (Å²) in [6.45, 7) is 6.48. The molecule has 0 N–H and O–H groups in total. The maximum Gasteiger partial charge on any atom is 0.116 e. The molecule has 0 saturated carbocycles. The molecule has 56 valence electrons. The minimum Gasteiger partial charge on any atom is -0.306 e. The van der Waals surface area contributed by atoms with Gasteiger partial charge in [-0.1, -0.05) is 19.4 Å². The molecule has 0 spiro atoms. The van der Waals surface area contributed by atoms with Crippen molar-refractivity contribution in [2.75, 3.05) is 7.05 Å². The Balaban J connectivity index is 2.86. The molecule has 0 radical (unpaired) electrons. The van der Waals surface area contributed by atoms with Crippen molar-refractivity contribution in [3.63, 3.8) is 0 Å². The second-order valence-corrected chi connectivity index (χ2v) is 3.66. The van der Waals surface area contributed by atoms with Crippen LogP contribution in [-0.2, 0) is 0 Å². The van der Waals surface area contributed by atoms with E-state index in [9.17, 15) is 0 Å². The van der Waals surface area contributed by atoms with Crippen molar-refractivity contribution in [2.45, 2.75) is 20.8 Å². The van der Waals surface area contributed by atoms with E-state index in [0.29, 0.717) is 0 Å². The van der Waals surface area contributed by atoms with Gasteiger partial charge in [-0.2, -0.15) is 11.8 Å². The number of hydrogen-bond donors (Lipinski definition) is 0. The van der Waals surface area contributed by atoms with E-state index in [4.69, 9.17) is 0 Å². The zero-order valence-electron chi connectivity index (χ0n) is 6.93. The van der Waals surface area contributed by atoms with Gasteiger partial charge in [0.05, 0.1) is 6.04 Å². The van der Waals surface area contributed by atoms with E-state index in [1.807, 2.05) is 0 Å². The van der Waals surface area contributed by atoms with E-state index in [1.165, 1.54) is 16.5 Å². The summed E-state index contributed by atoms with van der Waals surface area (Å²) in [7, 11) is 2.08. The highest BCUT2D eigenvalue weighted by Crippen LogP contribution is 2.28. The van der Waals surface area contributed by atoms with Crippen molar-refractivity contribution in [2.24, 2.45) is 0 Å². The van der Waals surface area contributed by atoms with Gasteiger partial charge in [0.1, 0.15) is 12.6 Å². The summed E-state index contributed by atoms with van der Waals surface area (Å²) in [6, 6.07) is 1.36. The molecule has 1 aliphatic rings. The van der Waals surface area contributed by atoms with Crippen LogP contribution in [0.3, 0.4) is 0 Å². The van der Waals surface area contributed by atoms with Crippen LogP contribution in [0.2, 0.25) is 0 Å². The maximum atomic E-state index is 2.17. The Morgan fingerprint density at radius 3 is 2.60 bits per heavy atom. The number of allylic oxidation sites excluding steroid dienone is 1. The molecule has 10 heavy (non-hydrogen) atoms. The van der Waals surface area contributed by atoms with Crippen LogP contribution in [0.15, 0.2) is 10.5 Å². The summed E-state index contributed by atoms with van der Waals surface area (Å²) in [5.41, 5.74) is 3.55. The molecule has 0 amide bonds. The summed E-state index contributed by atoms with van der Waals surface area (Å²) >= 11 is 1.80. The Morgan fingerprint density at radius 1 is 1.50 bits per heavy atom. The normalized spacial score (nSPS) is 19.6. The molecule has 0 fully saturated rings. The largest absolute Gasteiger partial charge is 0.306 e. The molecule has 0 aromatic heterocycles. The second-order valence-electron chi connectivity index (χ2n) is 2.60. The first-order chi connectivity index (χ1) is 4.63. The third-order valence-corrected chi connectivity index (χ3v) is 3.07. The molecule has 0 aromatic carbocycles. The number of rotatable bonds is 0. The number of likely N-dealkylation sites (N-methyl/N-ethyl adjacent to an activating group) is 1. The minimum atomic E-state index is 1.36. The molecule has 2 heteroatoms. The van der Waals surface area contributed by atoms with E-state index < -0.39 is 0 Å². The third kappa shape index (κ3) is 1.21. The van der Waals surface area contributed by atoms with Crippen LogP contribution in [0.4, 0.5) is 0 Å². The predicted molar refractivity (Wildman–Crippen MR) is 47.1 cm³/mol. The molecule has 1 aliphatic heterocycles.